The number of nitrogens with zero attached hydrogens (tertiary/aromatic N) is 2. The molecule has 1 aliphatic rings. The second-order valence-corrected chi connectivity index (χ2v) is 6.45. The number of imidazole rings is 1. The predicted octanol–water partition coefficient (Wildman–Crippen LogP) is 4.29. The van der Waals surface area contributed by atoms with Crippen molar-refractivity contribution in [1.82, 2.24) is 9.55 Å². The van der Waals surface area contributed by atoms with Crippen LogP contribution in [0.25, 0.3) is 0 Å². The maximum atomic E-state index is 6.42. The normalized spacial score (nSPS) is 16.0. The number of rotatable bonds is 4. The molecule has 0 spiro atoms. The van der Waals surface area contributed by atoms with Crippen LogP contribution >= 0.6 is 0 Å². The number of anilines is 1. The summed E-state index contributed by atoms with van der Waals surface area (Å²) in [7, 11) is 0. The van der Waals surface area contributed by atoms with Gasteiger partial charge in [-0.1, -0.05) is 57.0 Å². The predicted molar refractivity (Wildman–Crippen MR) is 87.5 cm³/mol. The number of nitrogen functional groups attached to an aromatic ring is 1. The van der Waals surface area contributed by atoms with Crippen LogP contribution in [-0.2, 0) is 6.54 Å². The fourth-order valence-electron chi connectivity index (χ4n) is 3.36. The van der Waals surface area contributed by atoms with E-state index in [-0.39, 0.29) is 0 Å². The molecule has 3 rings (SSSR count). The Bertz CT molecular complexity index is 592. The van der Waals surface area contributed by atoms with Crippen molar-refractivity contribution in [2.24, 2.45) is 0 Å². The lowest BCUT2D eigenvalue weighted by Crippen LogP contribution is -2.11. The Morgan fingerprint density at radius 2 is 1.86 bits per heavy atom. The lowest BCUT2D eigenvalue weighted by Gasteiger charge is -2.14. The van der Waals surface area contributed by atoms with Crippen LogP contribution < -0.4 is 5.73 Å². The van der Waals surface area contributed by atoms with Crippen molar-refractivity contribution in [2.45, 2.75) is 57.9 Å². The summed E-state index contributed by atoms with van der Waals surface area (Å²) >= 11 is 0. The monoisotopic (exact) mass is 283 g/mol. The van der Waals surface area contributed by atoms with Gasteiger partial charge in [-0.3, -0.25) is 0 Å². The van der Waals surface area contributed by atoms with Crippen LogP contribution in [0.1, 0.15) is 68.4 Å². The third-order valence-electron chi connectivity index (χ3n) is 4.52. The summed E-state index contributed by atoms with van der Waals surface area (Å²) in [5.74, 6) is 3.03. The van der Waals surface area contributed by atoms with Crippen LogP contribution in [0.4, 0.5) is 5.82 Å². The molecule has 0 aliphatic heterocycles. The van der Waals surface area contributed by atoms with Gasteiger partial charge in [-0.25, -0.2) is 4.98 Å². The molecule has 1 saturated carbocycles. The van der Waals surface area contributed by atoms with E-state index >= 15 is 0 Å². The quantitative estimate of drug-likeness (QED) is 0.909. The highest BCUT2D eigenvalue weighted by Crippen LogP contribution is 2.36. The van der Waals surface area contributed by atoms with E-state index in [2.05, 4.69) is 48.7 Å². The van der Waals surface area contributed by atoms with E-state index in [4.69, 9.17) is 10.7 Å². The van der Waals surface area contributed by atoms with Gasteiger partial charge in [0.05, 0.1) is 12.2 Å². The van der Waals surface area contributed by atoms with Gasteiger partial charge in [0.1, 0.15) is 11.6 Å². The first-order valence-corrected chi connectivity index (χ1v) is 8.06. The van der Waals surface area contributed by atoms with E-state index in [9.17, 15) is 0 Å². The fourth-order valence-corrected chi connectivity index (χ4v) is 3.36. The van der Waals surface area contributed by atoms with Crippen LogP contribution in [-0.4, -0.2) is 9.55 Å². The summed E-state index contributed by atoms with van der Waals surface area (Å²) in [6.45, 7) is 5.17. The molecule has 0 atom stereocenters. The minimum absolute atomic E-state index is 0.377. The Hall–Kier alpha value is -1.77. The van der Waals surface area contributed by atoms with E-state index in [0.717, 1.165) is 18.1 Å². The first-order chi connectivity index (χ1) is 10.2. The minimum Gasteiger partial charge on any atom is -0.384 e. The van der Waals surface area contributed by atoms with Crippen molar-refractivity contribution in [2.75, 3.05) is 5.73 Å². The fraction of sp³-hybridized carbons (Fsp3) is 0.500. The number of aromatic nitrogens is 2. The molecule has 0 bridgehead atoms. The molecule has 21 heavy (non-hydrogen) atoms. The van der Waals surface area contributed by atoms with Gasteiger partial charge in [0.2, 0.25) is 0 Å². The molecule has 1 aromatic carbocycles. The second kappa shape index (κ2) is 5.92. The van der Waals surface area contributed by atoms with E-state index in [1.807, 2.05) is 0 Å². The van der Waals surface area contributed by atoms with Crippen molar-refractivity contribution >= 4 is 5.82 Å². The third kappa shape index (κ3) is 2.82. The summed E-state index contributed by atoms with van der Waals surface area (Å²) in [6.07, 6.45) is 5.14. The van der Waals surface area contributed by atoms with Crippen LogP contribution in [0, 0.1) is 0 Å². The Balaban J connectivity index is 1.99. The summed E-state index contributed by atoms with van der Waals surface area (Å²) in [4.78, 5) is 4.93. The SMILES string of the molecule is CC(C)c1nc(C2CCCC2)n(Cc2ccccc2)c1N. The lowest BCUT2D eigenvalue weighted by molar-refractivity contribution is 0.612. The van der Waals surface area contributed by atoms with E-state index < -0.39 is 0 Å². The zero-order chi connectivity index (χ0) is 14.8. The lowest BCUT2D eigenvalue weighted by atomic mass is 10.1. The standard InChI is InChI=1S/C18H25N3/c1-13(2)16-17(19)21(12-14-8-4-3-5-9-14)18(20-16)15-10-6-7-11-15/h3-5,8-9,13,15H,6-7,10-12,19H2,1-2H3. The first-order valence-electron chi connectivity index (χ1n) is 8.06. The largest absolute Gasteiger partial charge is 0.384 e. The molecule has 112 valence electrons. The van der Waals surface area contributed by atoms with Gasteiger partial charge in [-0.2, -0.15) is 0 Å². The van der Waals surface area contributed by atoms with Gasteiger partial charge in [0, 0.05) is 5.92 Å². The molecule has 1 fully saturated rings. The molecule has 3 heteroatoms. The Morgan fingerprint density at radius 1 is 1.19 bits per heavy atom. The van der Waals surface area contributed by atoms with Crippen LogP contribution in [0.3, 0.4) is 0 Å². The molecule has 0 amide bonds. The smallest absolute Gasteiger partial charge is 0.127 e. The summed E-state index contributed by atoms with van der Waals surface area (Å²) in [5, 5.41) is 0. The van der Waals surface area contributed by atoms with Gasteiger partial charge in [0.25, 0.3) is 0 Å². The maximum absolute atomic E-state index is 6.42. The van der Waals surface area contributed by atoms with Crippen LogP contribution in [0.5, 0.6) is 0 Å². The minimum atomic E-state index is 0.377. The second-order valence-electron chi connectivity index (χ2n) is 6.45. The molecular formula is C18H25N3. The van der Waals surface area contributed by atoms with E-state index in [1.165, 1.54) is 37.1 Å². The van der Waals surface area contributed by atoms with Gasteiger partial charge in [-0.05, 0) is 24.3 Å². The van der Waals surface area contributed by atoms with Crippen molar-refractivity contribution in [3.63, 3.8) is 0 Å². The third-order valence-corrected chi connectivity index (χ3v) is 4.52. The Morgan fingerprint density at radius 3 is 2.48 bits per heavy atom. The van der Waals surface area contributed by atoms with Crippen molar-refractivity contribution in [3.05, 3.63) is 47.4 Å². The molecule has 2 N–H and O–H groups in total. The van der Waals surface area contributed by atoms with E-state index in [1.54, 1.807) is 0 Å². The van der Waals surface area contributed by atoms with Gasteiger partial charge >= 0.3 is 0 Å². The summed E-state index contributed by atoms with van der Waals surface area (Å²) in [6, 6.07) is 10.5. The number of benzene rings is 1. The highest BCUT2D eigenvalue weighted by atomic mass is 15.1. The highest BCUT2D eigenvalue weighted by Gasteiger charge is 2.26. The zero-order valence-corrected chi connectivity index (χ0v) is 13.0. The molecule has 0 radical (unpaired) electrons. The molecule has 1 aliphatic carbocycles. The average Bonchev–Trinajstić information content (AvgIpc) is 3.09. The van der Waals surface area contributed by atoms with Gasteiger partial charge < -0.3 is 10.3 Å². The van der Waals surface area contributed by atoms with Gasteiger partial charge in [-0.15, -0.1) is 0 Å². The van der Waals surface area contributed by atoms with Gasteiger partial charge in [0.15, 0.2) is 0 Å². The van der Waals surface area contributed by atoms with Crippen molar-refractivity contribution < 1.29 is 0 Å². The Kier molecular flexibility index (Phi) is 4.00. The first kappa shape index (κ1) is 14.2. The van der Waals surface area contributed by atoms with Crippen molar-refractivity contribution in [3.8, 4) is 0 Å². The molecule has 2 aromatic rings. The highest BCUT2D eigenvalue weighted by molar-refractivity contribution is 5.42. The molecular weight excluding hydrogens is 258 g/mol. The number of hydrogen-bond acceptors (Lipinski definition) is 2. The molecule has 1 heterocycles. The Labute approximate surface area is 127 Å². The molecule has 0 unspecified atom stereocenters. The van der Waals surface area contributed by atoms with Crippen LogP contribution in [0.15, 0.2) is 30.3 Å². The maximum Gasteiger partial charge on any atom is 0.127 e. The van der Waals surface area contributed by atoms with E-state index in [0.29, 0.717) is 11.8 Å². The molecule has 0 saturated heterocycles. The number of hydrogen-bond donors (Lipinski definition) is 1. The zero-order valence-electron chi connectivity index (χ0n) is 13.0. The van der Waals surface area contributed by atoms with Crippen molar-refractivity contribution in [1.29, 1.82) is 0 Å². The topological polar surface area (TPSA) is 43.8 Å². The average molecular weight is 283 g/mol. The summed E-state index contributed by atoms with van der Waals surface area (Å²) < 4.78 is 2.25. The number of nitrogens with two attached hydrogens (primary N) is 1. The summed E-state index contributed by atoms with van der Waals surface area (Å²) in [5.41, 5.74) is 8.77. The van der Waals surface area contributed by atoms with Crippen LogP contribution in [0.2, 0.25) is 0 Å². The molecule has 1 aromatic heterocycles. The molecule has 3 nitrogen and oxygen atoms in total.